The molecule has 0 saturated heterocycles. The molecule has 0 aromatic heterocycles. The predicted molar refractivity (Wildman–Crippen MR) is 49.0 cm³/mol. The van der Waals surface area contributed by atoms with Crippen LogP contribution in [0.25, 0.3) is 0 Å². The van der Waals surface area contributed by atoms with Crippen LogP contribution in [0.2, 0.25) is 0 Å². The first-order valence-electron chi connectivity index (χ1n) is 3.92. The minimum Gasteiger partial charge on any atom is -0.479 e. The van der Waals surface area contributed by atoms with Crippen LogP contribution in [0.5, 0.6) is 5.75 Å². The molecule has 4 heteroatoms. The van der Waals surface area contributed by atoms with Gasteiger partial charge in [-0.2, -0.15) is 0 Å². The highest BCUT2D eigenvalue weighted by Crippen LogP contribution is 2.11. The molecule has 1 aromatic carbocycles. The van der Waals surface area contributed by atoms with Crippen molar-refractivity contribution < 1.29 is 9.53 Å². The second-order valence-electron chi connectivity index (χ2n) is 2.60. The van der Waals surface area contributed by atoms with E-state index in [9.17, 15) is 4.79 Å². The van der Waals surface area contributed by atoms with Crippen LogP contribution in [-0.2, 0) is 11.2 Å². The van der Waals surface area contributed by atoms with Crippen LogP contribution in [0.15, 0.2) is 24.3 Å². The van der Waals surface area contributed by atoms with E-state index in [4.69, 9.17) is 16.2 Å². The number of primary amides is 1. The molecule has 0 heterocycles. The number of nitrogens with two attached hydrogens (primary N) is 2. The van der Waals surface area contributed by atoms with Gasteiger partial charge in [0.2, 0.25) is 5.91 Å². The molecule has 4 nitrogen and oxygen atoms in total. The lowest BCUT2D eigenvalue weighted by molar-refractivity contribution is -0.117. The van der Waals surface area contributed by atoms with Crippen LogP contribution in [-0.4, -0.2) is 12.6 Å². The van der Waals surface area contributed by atoms with Crippen LogP contribution >= 0.6 is 0 Å². The quantitative estimate of drug-likeness (QED) is 0.640. The Hall–Kier alpha value is -1.55. The normalized spacial score (nSPS) is 9.62. The standard InChI is InChI=1S/C9H12N2O2/c10-6-13-8-3-1-7(2-4-8)5-9(11)12/h1-4H,5-6,10H2,(H2,11,12). The minimum absolute atomic E-state index is 0.148. The average molecular weight is 180 g/mol. The molecule has 0 atom stereocenters. The smallest absolute Gasteiger partial charge is 0.221 e. The van der Waals surface area contributed by atoms with Crippen LogP contribution < -0.4 is 16.2 Å². The second-order valence-corrected chi connectivity index (χ2v) is 2.60. The maximum absolute atomic E-state index is 10.6. The summed E-state index contributed by atoms with van der Waals surface area (Å²) in [4.78, 5) is 10.6. The molecule has 0 bridgehead atoms. The zero-order valence-corrected chi connectivity index (χ0v) is 7.19. The van der Waals surface area contributed by atoms with Gasteiger partial charge in [0.15, 0.2) is 0 Å². The Morgan fingerprint density at radius 3 is 2.38 bits per heavy atom. The lowest BCUT2D eigenvalue weighted by Gasteiger charge is -2.02. The van der Waals surface area contributed by atoms with Crippen molar-refractivity contribution in [3.8, 4) is 5.75 Å². The molecule has 0 unspecified atom stereocenters. The van der Waals surface area contributed by atoms with E-state index in [0.717, 1.165) is 5.56 Å². The van der Waals surface area contributed by atoms with Crippen molar-refractivity contribution in [2.24, 2.45) is 11.5 Å². The molecule has 1 aromatic rings. The predicted octanol–water partition coefficient (Wildman–Crippen LogP) is 0.00940. The monoisotopic (exact) mass is 180 g/mol. The summed E-state index contributed by atoms with van der Waals surface area (Å²) in [6.45, 7) is 0.148. The Balaban J connectivity index is 2.64. The molecule has 0 saturated carbocycles. The van der Waals surface area contributed by atoms with Crippen molar-refractivity contribution in [1.82, 2.24) is 0 Å². The zero-order chi connectivity index (χ0) is 9.68. The van der Waals surface area contributed by atoms with E-state index in [-0.39, 0.29) is 19.1 Å². The maximum Gasteiger partial charge on any atom is 0.221 e. The molecule has 0 fully saturated rings. The number of carbonyl (C=O) groups is 1. The van der Waals surface area contributed by atoms with Crippen LogP contribution in [0.1, 0.15) is 5.56 Å². The Morgan fingerprint density at radius 2 is 1.92 bits per heavy atom. The fourth-order valence-corrected chi connectivity index (χ4v) is 1.00. The number of ether oxygens (including phenoxy) is 1. The number of rotatable bonds is 4. The molecule has 0 aliphatic heterocycles. The topological polar surface area (TPSA) is 78.3 Å². The summed E-state index contributed by atoms with van der Waals surface area (Å²) in [6, 6.07) is 7.09. The van der Waals surface area contributed by atoms with Gasteiger partial charge in [-0.15, -0.1) is 0 Å². The first-order valence-corrected chi connectivity index (χ1v) is 3.92. The Kier molecular flexibility index (Phi) is 3.28. The van der Waals surface area contributed by atoms with Gasteiger partial charge < -0.3 is 10.5 Å². The van der Waals surface area contributed by atoms with E-state index in [1.807, 2.05) is 0 Å². The molecule has 0 aliphatic rings. The lowest BCUT2D eigenvalue weighted by atomic mass is 10.1. The minimum atomic E-state index is -0.340. The average Bonchev–Trinajstić information content (AvgIpc) is 2.08. The summed E-state index contributed by atoms with van der Waals surface area (Å²) in [5.41, 5.74) is 11.1. The molecular weight excluding hydrogens is 168 g/mol. The number of hydrogen-bond donors (Lipinski definition) is 2. The zero-order valence-electron chi connectivity index (χ0n) is 7.19. The highest BCUT2D eigenvalue weighted by atomic mass is 16.5. The van der Waals surface area contributed by atoms with Crippen LogP contribution in [0, 0.1) is 0 Å². The molecule has 13 heavy (non-hydrogen) atoms. The third kappa shape index (κ3) is 3.13. The molecule has 0 aliphatic carbocycles. The number of amides is 1. The highest BCUT2D eigenvalue weighted by molar-refractivity contribution is 5.76. The summed E-state index contributed by atoms with van der Waals surface area (Å²) < 4.78 is 5.03. The van der Waals surface area contributed by atoms with Gasteiger partial charge in [0.05, 0.1) is 6.42 Å². The summed E-state index contributed by atoms with van der Waals surface area (Å²) in [5, 5.41) is 0. The summed E-state index contributed by atoms with van der Waals surface area (Å²) in [7, 11) is 0. The van der Waals surface area contributed by atoms with Crippen molar-refractivity contribution in [3.63, 3.8) is 0 Å². The number of benzene rings is 1. The van der Waals surface area contributed by atoms with Crippen LogP contribution in [0.4, 0.5) is 0 Å². The van der Waals surface area contributed by atoms with E-state index in [0.29, 0.717) is 5.75 Å². The molecule has 1 amide bonds. The van der Waals surface area contributed by atoms with Crippen molar-refractivity contribution in [1.29, 1.82) is 0 Å². The number of hydrogen-bond acceptors (Lipinski definition) is 3. The fourth-order valence-electron chi connectivity index (χ4n) is 1.00. The molecule has 0 spiro atoms. The van der Waals surface area contributed by atoms with Gasteiger partial charge >= 0.3 is 0 Å². The summed E-state index contributed by atoms with van der Waals surface area (Å²) in [5.74, 6) is 0.350. The van der Waals surface area contributed by atoms with Gasteiger partial charge in [0.1, 0.15) is 12.5 Å². The Labute approximate surface area is 76.5 Å². The van der Waals surface area contributed by atoms with Crippen LogP contribution in [0.3, 0.4) is 0 Å². The van der Waals surface area contributed by atoms with E-state index in [1.54, 1.807) is 24.3 Å². The van der Waals surface area contributed by atoms with E-state index in [2.05, 4.69) is 0 Å². The first kappa shape index (κ1) is 9.54. The van der Waals surface area contributed by atoms with E-state index < -0.39 is 0 Å². The molecule has 0 radical (unpaired) electrons. The Bertz CT molecular complexity index is 282. The van der Waals surface area contributed by atoms with Gasteiger partial charge in [0, 0.05) is 0 Å². The summed E-state index contributed by atoms with van der Waals surface area (Å²) >= 11 is 0. The summed E-state index contributed by atoms with van der Waals surface area (Å²) in [6.07, 6.45) is 0.253. The molecule has 4 N–H and O–H groups in total. The van der Waals surface area contributed by atoms with Gasteiger partial charge in [-0.25, -0.2) is 0 Å². The van der Waals surface area contributed by atoms with Crippen molar-refractivity contribution >= 4 is 5.91 Å². The van der Waals surface area contributed by atoms with Gasteiger partial charge in [-0.3, -0.25) is 10.5 Å². The molecular formula is C9H12N2O2. The fraction of sp³-hybridized carbons (Fsp3) is 0.222. The molecule has 70 valence electrons. The third-order valence-corrected chi connectivity index (χ3v) is 1.55. The third-order valence-electron chi connectivity index (χ3n) is 1.55. The van der Waals surface area contributed by atoms with Crippen molar-refractivity contribution in [2.75, 3.05) is 6.73 Å². The lowest BCUT2D eigenvalue weighted by Crippen LogP contribution is -2.13. The van der Waals surface area contributed by atoms with Crippen molar-refractivity contribution in [3.05, 3.63) is 29.8 Å². The largest absolute Gasteiger partial charge is 0.479 e. The first-order chi connectivity index (χ1) is 6.22. The highest BCUT2D eigenvalue weighted by Gasteiger charge is 1.98. The number of carbonyl (C=O) groups excluding carboxylic acids is 1. The van der Waals surface area contributed by atoms with Crippen molar-refractivity contribution in [2.45, 2.75) is 6.42 Å². The second kappa shape index (κ2) is 4.47. The SMILES string of the molecule is NCOc1ccc(CC(N)=O)cc1. The maximum atomic E-state index is 10.6. The van der Waals surface area contributed by atoms with E-state index >= 15 is 0 Å². The van der Waals surface area contributed by atoms with Gasteiger partial charge in [-0.1, -0.05) is 12.1 Å². The van der Waals surface area contributed by atoms with Gasteiger partial charge in [0.25, 0.3) is 0 Å². The van der Waals surface area contributed by atoms with Gasteiger partial charge in [-0.05, 0) is 17.7 Å². The Morgan fingerprint density at radius 1 is 1.31 bits per heavy atom. The molecule has 1 rings (SSSR count). The van der Waals surface area contributed by atoms with E-state index in [1.165, 1.54) is 0 Å².